The van der Waals surface area contributed by atoms with Crippen molar-refractivity contribution < 1.29 is 9.18 Å². The maximum atomic E-state index is 13.2. The van der Waals surface area contributed by atoms with E-state index in [1.165, 1.54) is 18.6 Å². The van der Waals surface area contributed by atoms with Gasteiger partial charge in [0.1, 0.15) is 17.5 Å². The molecule has 0 radical (unpaired) electrons. The fourth-order valence-corrected chi connectivity index (χ4v) is 3.91. The average molecular weight is 396 g/mol. The van der Waals surface area contributed by atoms with Crippen LogP contribution in [0.25, 0.3) is 5.69 Å². The number of benzene rings is 1. The molecule has 1 amide bonds. The molecule has 29 heavy (non-hydrogen) atoms. The smallest absolute Gasteiger partial charge is 0.255 e. The second kappa shape index (κ2) is 8.14. The zero-order chi connectivity index (χ0) is 20.4. The molecule has 152 valence electrons. The number of nitrogens with one attached hydrogen (secondary N) is 1. The molecule has 3 aromatic rings. The van der Waals surface area contributed by atoms with E-state index in [1.807, 2.05) is 6.92 Å². The number of amides is 1. The summed E-state index contributed by atoms with van der Waals surface area (Å²) in [5.41, 5.74) is 2.63. The number of aromatic nitrogens is 5. The van der Waals surface area contributed by atoms with Crippen LogP contribution in [0.2, 0.25) is 0 Å². The first-order valence-corrected chi connectivity index (χ1v) is 10.1. The summed E-state index contributed by atoms with van der Waals surface area (Å²) in [4.78, 5) is 12.8. The molecular weight excluding hydrogens is 371 g/mol. The molecule has 0 fully saturated rings. The predicted molar refractivity (Wildman–Crippen MR) is 107 cm³/mol. The number of rotatable bonds is 5. The summed E-state index contributed by atoms with van der Waals surface area (Å²) in [5.74, 6) is 1.51. The van der Waals surface area contributed by atoms with Crippen LogP contribution in [0.3, 0.4) is 0 Å². The number of aryl methyl sites for hydroxylation is 2. The fraction of sp³-hybridized carbons (Fsp3) is 0.429. The Labute approximate surface area is 169 Å². The molecule has 2 aromatic heterocycles. The predicted octanol–water partition coefficient (Wildman–Crippen LogP) is 2.92. The molecule has 3 heterocycles. The Hall–Kier alpha value is -3.03. The lowest BCUT2D eigenvalue weighted by Gasteiger charge is -2.09. The fourth-order valence-electron chi connectivity index (χ4n) is 3.91. The molecule has 7 nitrogen and oxygen atoms in total. The summed E-state index contributed by atoms with van der Waals surface area (Å²) >= 11 is 0. The monoisotopic (exact) mass is 396 g/mol. The van der Waals surface area contributed by atoms with Gasteiger partial charge in [-0.15, -0.1) is 10.2 Å². The molecule has 0 saturated heterocycles. The molecule has 0 unspecified atom stereocenters. The number of hydrogen-bond donors (Lipinski definition) is 1. The molecule has 4 rings (SSSR count). The van der Waals surface area contributed by atoms with E-state index < -0.39 is 0 Å². The standard InChI is InChI=1S/C21H25FN6O/c1-14-20(15(2)28(26-14)17-9-7-16(22)8-10-17)21(29)23-12-11-19-25-24-18-6-4-3-5-13-27(18)19/h7-10H,3-6,11-13H2,1-2H3,(H,23,29). The quantitative estimate of drug-likeness (QED) is 0.719. The van der Waals surface area contributed by atoms with Gasteiger partial charge in [0.15, 0.2) is 0 Å². The highest BCUT2D eigenvalue weighted by molar-refractivity contribution is 5.96. The van der Waals surface area contributed by atoms with Gasteiger partial charge in [-0.3, -0.25) is 4.79 Å². The van der Waals surface area contributed by atoms with Crippen molar-refractivity contribution in [3.05, 3.63) is 58.7 Å². The van der Waals surface area contributed by atoms with E-state index in [0.29, 0.717) is 24.2 Å². The Morgan fingerprint density at radius 3 is 2.72 bits per heavy atom. The molecule has 1 aliphatic rings. The highest BCUT2D eigenvalue weighted by Gasteiger charge is 2.20. The van der Waals surface area contributed by atoms with Gasteiger partial charge < -0.3 is 9.88 Å². The van der Waals surface area contributed by atoms with Crippen molar-refractivity contribution >= 4 is 5.91 Å². The first-order valence-electron chi connectivity index (χ1n) is 10.1. The second-order valence-corrected chi connectivity index (χ2v) is 7.43. The Kier molecular flexibility index (Phi) is 5.42. The second-order valence-electron chi connectivity index (χ2n) is 7.43. The Balaban J connectivity index is 1.44. The average Bonchev–Trinajstić information content (AvgIpc) is 3.12. The van der Waals surface area contributed by atoms with Crippen molar-refractivity contribution in [2.24, 2.45) is 0 Å². The van der Waals surface area contributed by atoms with Crippen LogP contribution in [0, 0.1) is 19.7 Å². The first-order chi connectivity index (χ1) is 14.0. The third-order valence-corrected chi connectivity index (χ3v) is 5.41. The minimum Gasteiger partial charge on any atom is -0.351 e. The van der Waals surface area contributed by atoms with Crippen LogP contribution in [-0.4, -0.2) is 37.0 Å². The van der Waals surface area contributed by atoms with Crippen molar-refractivity contribution in [1.29, 1.82) is 0 Å². The number of hydrogen-bond acceptors (Lipinski definition) is 4. The molecule has 1 aromatic carbocycles. The molecule has 0 aliphatic carbocycles. The van der Waals surface area contributed by atoms with Crippen LogP contribution >= 0.6 is 0 Å². The Morgan fingerprint density at radius 2 is 1.93 bits per heavy atom. The van der Waals surface area contributed by atoms with Gasteiger partial charge in [0.25, 0.3) is 5.91 Å². The number of nitrogens with zero attached hydrogens (tertiary/aromatic N) is 5. The lowest BCUT2D eigenvalue weighted by atomic mass is 10.2. The summed E-state index contributed by atoms with van der Waals surface area (Å²) in [6, 6.07) is 6.06. The van der Waals surface area contributed by atoms with Gasteiger partial charge in [-0.25, -0.2) is 9.07 Å². The van der Waals surface area contributed by atoms with Gasteiger partial charge in [-0.2, -0.15) is 5.10 Å². The topological polar surface area (TPSA) is 77.6 Å². The van der Waals surface area contributed by atoms with Crippen molar-refractivity contribution in [1.82, 2.24) is 29.9 Å². The summed E-state index contributed by atoms with van der Waals surface area (Å²) in [6.45, 7) is 5.09. The molecule has 0 atom stereocenters. The van der Waals surface area contributed by atoms with E-state index >= 15 is 0 Å². The minimum absolute atomic E-state index is 0.163. The largest absolute Gasteiger partial charge is 0.351 e. The number of carbonyl (C=O) groups is 1. The van der Waals surface area contributed by atoms with E-state index in [0.717, 1.165) is 48.8 Å². The van der Waals surface area contributed by atoms with Crippen molar-refractivity contribution in [2.75, 3.05) is 6.54 Å². The van der Waals surface area contributed by atoms with Crippen LogP contribution in [0.5, 0.6) is 0 Å². The summed E-state index contributed by atoms with van der Waals surface area (Å²) in [6.07, 6.45) is 5.14. The van der Waals surface area contributed by atoms with Crippen molar-refractivity contribution in [2.45, 2.75) is 52.5 Å². The van der Waals surface area contributed by atoms with E-state index in [-0.39, 0.29) is 11.7 Å². The molecule has 0 bridgehead atoms. The van der Waals surface area contributed by atoms with Crippen LogP contribution in [0.15, 0.2) is 24.3 Å². The van der Waals surface area contributed by atoms with E-state index in [4.69, 9.17) is 0 Å². The van der Waals surface area contributed by atoms with Gasteiger partial charge in [-0.1, -0.05) is 6.42 Å². The van der Waals surface area contributed by atoms with Gasteiger partial charge in [-0.05, 0) is 51.0 Å². The van der Waals surface area contributed by atoms with Crippen LogP contribution in [0.1, 0.15) is 52.7 Å². The third-order valence-electron chi connectivity index (χ3n) is 5.41. The molecule has 0 saturated carbocycles. The molecule has 1 aliphatic heterocycles. The Bertz CT molecular complexity index is 1020. The van der Waals surface area contributed by atoms with Gasteiger partial charge in [0.05, 0.1) is 22.6 Å². The SMILES string of the molecule is Cc1nn(-c2ccc(F)cc2)c(C)c1C(=O)NCCc1nnc2n1CCCCC2. The van der Waals surface area contributed by atoms with Crippen molar-refractivity contribution in [3.8, 4) is 5.69 Å². The third kappa shape index (κ3) is 3.92. The maximum absolute atomic E-state index is 13.2. The van der Waals surface area contributed by atoms with Crippen molar-refractivity contribution in [3.63, 3.8) is 0 Å². The number of carbonyl (C=O) groups excluding carboxylic acids is 1. The minimum atomic E-state index is -0.306. The zero-order valence-corrected chi connectivity index (χ0v) is 16.8. The number of halogens is 1. The van der Waals surface area contributed by atoms with E-state index in [1.54, 1.807) is 23.7 Å². The lowest BCUT2D eigenvalue weighted by Crippen LogP contribution is -2.27. The van der Waals surface area contributed by atoms with Gasteiger partial charge in [0, 0.05) is 25.9 Å². The first kappa shape index (κ1) is 19.3. The maximum Gasteiger partial charge on any atom is 0.255 e. The lowest BCUT2D eigenvalue weighted by molar-refractivity contribution is 0.0952. The summed E-state index contributed by atoms with van der Waals surface area (Å²) in [7, 11) is 0. The normalized spacial score (nSPS) is 13.8. The van der Waals surface area contributed by atoms with E-state index in [2.05, 4.69) is 25.2 Å². The van der Waals surface area contributed by atoms with Gasteiger partial charge >= 0.3 is 0 Å². The summed E-state index contributed by atoms with van der Waals surface area (Å²) in [5, 5.41) is 16.1. The van der Waals surface area contributed by atoms with Crippen LogP contribution < -0.4 is 5.32 Å². The molecule has 8 heteroatoms. The van der Waals surface area contributed by atoms with E-state index in [9.17, 15) is 9.18 Å². The number of fused-ring (bicyclic) bond motifs is 1. The molecule has 0 spiro atoms. The Morgan fingerprint density at radius 1 is 1.14 bits per heavy atom. The molecule has 1 N–H and O–H groups in total. The molecular formula is C21H25FN6O. The zero-order valence-electron chi connectivity index (χ0n) is 16.8. The van der Waals surface area contributed by atoms with Gasteiger partial charge in [0.2, 0.25) is 0 Å². The van der Waals surface area contributed by atoms with Crippen LogP contribution in [0.4, 0.5) is 4.39 Å². The van der Waals surface area contributed by atoms with Crippen LogP contribution in [-0.2, 0) is 19.4 Å². The summed E-state index contributed by atoms with van der Waals surface area (Å²) < 4.78 is 17.1. The highest BCUT2D eigenvalue weighted by atomic mass is 19.1. The highest BCUT2D eigenvalue weighted by Crippen LogP contribution is 2.18.